The van der Waals surface area contributed by atoms with Gasteiger partial charge in [0.05, 0.1) is 5.69 Å². The zero-order chi connectivity index (χ0) is 18.0. The summed E-state index contributed by atoms with van der Waals surface area (Å²) in [7, 11) is -3.58. The lowest BCUT2D eigenvalue weighted by molar-refractivity contribution is 0.448. The van der Waals surface area contributed by atoms with E-state index in [2.05, 4.69) is 14.9 Å². The molecule has 1 N–H and O–H groups in total. The van der Waals surface area contributed by atoms with Crippen LogP contribution in [0.5, 0.6) is 0 Å². The molecule has 8 heteroatoms. The number of hydrogen-bond donors (Lipinski definition) is 1. The van der Waals surface area contributed by atoms with Crippen LogP contribution in [0.1, 0.15) is 11.3 Å². The van der Waals surface area contributed by atoms with E-state index in [9.17, 15) is 8.42 Å². The first-order chi connectivity index (χ1) is 12.6. The van der Waals surface area contributed by atoms with Gasteiger partial charge in [-0.1, -0.05) is 23.4 Å². The fourth-order valence-electron chi connectivity index (χ4n) is 2.70. The highest BCUT2D eigenvalue weighted by molar-refractivity contribution is 7.88. The van der Waals surface area contributed by atoms with Crippen LogP contribution in [0, 0.1) is 0 Å². The zero-order valence-corrected chi connectivity index (χ0v) is 15.3. The number of rotatable bonds is 6. The van der Waals surface area contributed by atoms with Crippen molar-refractivity contribution in [1.82, 2.24) is 14.9 Å². The van der Waals surface area contributed by atoms with Crippen LogP contribution in [0.25, 0.3) is 22.2 Å². The van der Waals surface area contributed by atoms with Crippen LogP contribution in [-0.2, 0) is 22.3 Å². The van der Waals surface area contributed by atoms with Gasteiger partial charge in [-0.05, 0) is 35.2 Å². The second-order valence-corrected chi connectivity index (χ2v) is 8.32. The third-order valence-electron chi connectivity index (χ3n) is 3.95. The summed E-state index contributed by atoms with van der Waals surface area (Å²) in [6.45, 7) is 0.164. The van der Waals surface area contributed by atoms with Gasteiger partial charge in [0, 0.05) is 29.1 Å². The van der Waals surface area contributed by atoms with E-state index in [-0.39, 0.29) is 12.3 Å². The normalized spacial score (nSPS) is 11.8. The van der Waals surface area contributed by atoms with Crippen molar-refractivity contribution >= 4 is 32.3 Å². The third-order valence-corrected chi connectivity index (χ3v) is 5.87. The molecule has 1 aromatic carbocycles. The summed E-state index contributed by atoms with van der Waals surface area (Å²) in [5, 5.41) is 8.55. The zero-order valence-electron chi connectivity index (χ0n) is 13.6. The highest BCUT2D eigenvalue weighted by Crippen LogP contribution is 2.24. The molecule has 0 spiro atoms. The Labute approximate surface area is 154 Å². The number of hydrogen-bond acceptors (Lipinski definition) is 6. The van der Waals surface area contributed by atoms with Crippen molar-refractivity contribution in [3.05, 3.63) is 70.7 Å². The van der Waals surface area contributed by atoms with Gasteiger partial charge >= 0.3 is 0 Å². The molecule has 0 aliphatic carbocycles. The Bertz CT molecular complexity index is 1140. The maximum Gasteiger partial charge on any atom is 0.217 e. The van der Waals surface area contributed by atoms with Gasteiger partial charge in [-0.15, -0.1) is 0 Å². The Kier molecular flexibility index (Phi) is 4.54. The predicted octanol–water partition coefficient (Wildman–Crippen LogP) is 3.57. The maximum absolute atomic E-state index is 12.5. The molecule has 0 amide bonds. The van der Waals surface area contributed by atoms with E-state index in [1.165, 1.54) is 0 Å². The monoisotopic (exact) mass is 385 g/mol. The molecule has 0 saturated heterocycles. The van der Waals surface area contributed by atoms with Gasteiger partial charge in [-0.25, -0.2) is 13.1 Å². The minimum Gasteiger partial charge on any atom is -0.356 e. The highest BCUT2D eigenvalue weighted by atomic mass is 32.2. The summed E-state index contributed by atoms with van der Waals surface area (Å²) >= 11 is 1.57. The number of thiophene rings is 1. The number of para-hydroxylation sites is 1. The molecule has 0 saturated carbocycles. The van der Waals surface area contributed by atoms with Crippen molar-refractivity contribution in [2.24, 2.45) is 0 Å². The van der Waals surface area contributed by atoms with Crippen LogP contribution >= 0.6 is 11.3 Å². The van der Waals surface area contributed by atoms with E-state index < -0.39 is 10.0 Å². The molecule has 26 heavy (non-hydrogen) atoms. The predicted molar refractivity (Wildman–Crippen MR) is 101 cm³/mol. The third kappa shape index (κ3) is 3.52. The number of nitrogens with one attached hydrogen (secondary N) is 1. The Morgan fingerprint density at radius 2 is 2.00 bits per heavy atom. The molecular formula is C18H15N3O3S2. The molecule has 0 atom stereocenters. The van der Waals surface area contributed by atoms with E-state index >= 15 is 0 Å². The molecule has 4 aromatic rings. The van der Waals surface area contributed by atoms with Gasteiger partial charge in [0.25, 0.3) is 0 Å². The Morgan fingerprint density at radius 1 is 1.12 bits per heavy atom. The number of aromatic nitrogens is 2. The smallest absolute Gasteiger partial charge is 0.217 e. The fraction of sp³-hybridized carbons (Fsp3) is 0.111. The maximum atomic E-state index is 12.5. The van der Waals surface area contributed by atoms with Crippen molar-refractivity contribution in [3.63, 3.8) is 0 Å². The van der Waals surface area contributed by atoms with Crippen LogP contribution < -0.4 is 4.72 Å². The van der Waals surface area contributed by atoms with Gasteiger partial charge in [-0.3, -0.25) is 4.98 Å². The lowest BCUT2D eigenvalue weighted by Crippen LogP contribution is -2.25. The Balaban J connectivity index is 1.53. The van der Waals surface area contributed by atoms with Crippen molar-refractivity contribution in [2.75, 3.05) is 0 Å². The number of fused-ring (bicyclic) bond motifs is 1. The summed E-state index contributed by atoms with van der Waals surface area (Å²) < 4.78 is 32.8. The van der Waals surface area contributed by atoms with Crippen LogP contribution in [0.3, 0.4) is 0 Å². The quantitative estimate of drug-likeness (QED) is 0.548. The molecule has 132 valence electrons. The van der Waals surface area contributed by atoms with Crippen molar-refractivity contribution in [1.29, 1.82) is 0 Å². The van der Waals surface area contributed by atoms with E-state index in [4.69, 9.17) is 4.52 Å². The molecule has 0 radical (unpaired) electrons. The first kappa shape index (κ1) is 16.9. The lowest BCUT2D eigenvalue weighted by Gasteiger charge is -2.09. The van der Waals surface area contributed by atoms with Crippen LogP contribution in [0.4, 0.5) is 0 Å². The topological polar surface area (TPSA) is 85.1 Å². The molecule has 3 aromatic heterocycles. The SMILES string of the molecule is O=S(=O)(Cc1noc2ccccc12)NCc1cccnc1-c1ccsc1. The second-order valence-electron chi connectivity index (χ2n) is 5.73. The molecule has 0 aliphatic heterocycles. The first-order valence-corrected chi connectivity index (χ1v) is 10.5. The summed E-state index contributed by atoms with van der Waals surface area (Å²) in [4.78, 5) is 4.38. The summed E-state index contributed by atoms with van der Waals surface area (Å²) in [6.07, 6.45) is 1.70. The van der Waals surface area contributed by atoms with Crippen molar-refractivity contribution in [2.45, 2.75) is 12.3 Å². The number of benzene rings is 1. The minimum absolute atomic E-state index is 0.164. The van der Waals surface area contributed by atoms with Gasteiger partial charge in [0.1, 0.15) is 11.4 Å². The molecule has 0 unspecified atom stereocenters. The summed E-state index contributed by atoms with van der Waals surface area (Å²) in [6, 6.07) is 12.8. The number of sulfonamides is 1. The minimum atomic E-state index is -3.58. The lowest BCUT2D eigenvalue weighted by atomic mass is 10.1. The standard InChI is InChI=1S/C18H15N3O3S2/c22-26(23,12-16-15-5-1-2-6-17(15)24-21-16)20-10-13-4-3-8-19-18(13)14-7-9-25-11-14/h1-9,11,20H,10,12H2. The van der Waals surface area contributed by atoms with Gasteiger partial charge in [0.15, 0.2) is 5.58 Å². The van der Waals surface area contributed by atoms with E-state index in [0.29, 0.717) is 16.7 Å². The first-order valence-electron chi connectivity index (χ1n) is 7.89. The molecule has 0 bridgehead atoms. The largest absolute Gasteiger partial charge is 0.356 e. The molecule has 0 aliphatic rings. The average molecular weight is 385 g/mol. The number of pyridine rings is 1. The van der Waals surface area contributed by atoms with E-state index in [1.54, 1.807) is 35.7 Å². The van der Waals surface area contributed by atoms with Crippen molar-refractivity contribution in [3.8, 4) is 11.3 Å². The van der Waals surface area contributed by atoms with Gasteiger partial charge in [-0.2, -0.15) is 11.3 Å². The molecular weight excluding hydrogens is 370 g/mol. The van der Waals surface area contributed by atoms with Gasteiger partial charge in [0.2, 0.25) is 10.0 Å². The van der Waals surface area contributed by atoms with Crippen LogP contribution in [0.2, 0.25) is 0 Å². The second kappa shape index (κ2) is 6.99. The Morgan fingerprint density at radius 3 is 2.85 bits per heavy atom. The van der Waals surface area contributed by atoms with E-state index in [1.807, 2.05) is 35.0 Å². The Hall–Kier alpha value is -2.55. The summed E-state index contributed by atoms with van der Waals surface area (Å²) in [5.41, 5.74) is 3.55. The molecule has 3 heterocycles. The highest BCUT2D eigenvalue weighted by Gasteiger charge is 2.18. The molecule has 0 fully saturated rings. The van der Waals surface area contributed by atoms with Crippen molar-refractivity contribution < 1.29 is 12.9 Å². The van der Waals surface area contributed by atoms with Crippen LogP contribution in [-0.4, -0.2) is 18.6 Å². The summed E-state index contributed by atoms with van der Waals surface area (Å²) in [5.74, 6) is -0.238. The molecule has 4 rings (SSSR count). The molecule has 6 nitrogen and oxygen atoms in total. The number of nitrogens with zero attached hydrogens (tertiary/aromatic N) is 2. The fourth-order valence-corrected chi connectivity index (χ4v) is 4.39. The van der Waals surface area contributed by atoms with Crippen LogP contribution in [0.15, 0.2) is 63.9 Å². The van der Waals surface area contributed by atoms with E-state index in [0.717, 1.165) is 16.8 Å². The average Bonchev–Trinajstić information content (AvgIpc) is 3.31. The van der Waals surface area contributed by atoms with Gasteiger partial charge < -0.3 is 4.52 Å².